The lowest BCUT2D eigenvalue weighted by Crippen LogP contribution is -2.28. The van der Waals surface area contributed by atoms with Crippen molar-refractivity contribution in [3.8, 4) is 6.07 Å². The van der Waals surface area contributed by atoms with Crippen LogP contribution in [-0.2, 0) is 0 Å². The molecule has 0 aromatic heterocycles. The summed E-state index contributed by atoms with van der Waals surface area (Å²) in [6.45, 7) is 5.98. The minimum Gasteiger partial charge on any atom is -0.370 e. The monoisotopic (exact) mass is 231 g/mol. The van der Waals surface area contributed by atoms with Crippen LogP contribution in [0.5, 0.6) is 0 Å². The van der Waals surface area contributed by atoms with Crippen molar-refractivity contribution in [1.82, 2.24) is 5.32 Å². The van der Waals surface area contributed by atoms with Gasteiger partial charge in [-0.15, -0.1) is 0 Å². The molecule has 0 aliphatic heterocycles. The average molecular weight is 231 g/mol. The standard InChI is InChI=1S/C14H21N3/c1-2-16-11-7-13-17(12-6-10-15)14-8-4-3-5-9-14/h3-5,8-9,16H,2,6-7,11-13H2,1H3. The maximum atomic E-state index is 8.68. The number of anilines is 1. The second-order valence-electron chi connectivity index (χ2n) is 3.94. The fourth-order valence-corrected chi connectivity index (χ4v) is 1.77. The van der Waals surface area contributed by atoms with Crippen molar-refractivity contribution in [1.29, 1.82) is 5.26 Å². The van der Waals surface area contributed by atoms with Gasteiger partial charge in [-0.2, -0.15) is 5.26 Å². The zero-order chi connectivity index (χ0) is 12.3. The van der Waals surface area contributed by atoms with Crippen molar-refractivity contribution in [3.63, 3.8) is 0 Å². The summed E-state index contributed by atoms with van der Waals surface area (Å²) in [6.07, 6.45) is 1.68. The first-order chi connectivity index (χ1) is 8.38. The topological polar surface area (TPSA) is 39.1 Å². The third-order valence-corrected chi connectivity index (χ3v) is 2.65. The van der Waals surface area contributed by atoms with E-state index in [1.807, 2.05) is 18.2 Å². The van der Waals surface area contributed by atoms with Crippen molar-refractivity contribution in [3.05, 3.63) is 30.3 Å². The Morgan fingerprint density at radius 1 is 1.24 bits per heavy atom. The Kier molecular flexibility index (Phi) is 6.85. The van der Waals surface area contributed by atoms with E-state index in [4.69, 9.17) is 5.26 Å². The number of para-hydroxylation sites is 1. The van der Waals surface area contributed by atoms with E-state index in [2.05, 4.69) is 35.3 Å². The molecule has 0 aliphatic rings. The molecule has 0 radical (unpaired) electrons. The summed E-state index contributed by atoms with van der Waals surface area (Å²) in [6, 6.07) is 12.5. The van der Waals surface area contributed by atoms with Crippen molar-refractivity contribution < 1.29 is 0 Å². The fourth-order valence-electron chi connectivity index (χ4n) is 1.77. The van der Waals surface area contributed by atoms with Crippen LogP contribution in [0, 0.1) is 11.3 Å². The first-order valence-corrected chi connectivity index (χ1v) is 6.26. The molecule has 1 aromatic rings. The van der Waals surface area contributed by atoms with Crippen LogP contribution in [-0.4, -0.2) is 26.2 Å². The molecule has 3 heteroatoms. The number of hydrogen-bond acceptors (Lipinski definition) is 3. The average Bonchev–Trinajstić information content (AvgIpc) is 2.39. The van der Waals surface area contributed by atoms with E-state index in [1.165, 1.54) is 5.69 Å². The molecule has 1 N–H and O–H groups in total. The predicted octanol–water partition coefficient (Wildman–Crippen LogP) is 2.41. The van der Waals surface area contributed by atoms with E-state index in [1.54, 1.807) is 0 Å². The molecule has 0 bridgehead atoms. The molecule has 0 heterocycles. The van der Waals surface area contributed by atoms with Crippen molar-refractivity contribution in [2.75, 3.05) is 31.1 Å². The molecule has 0 amide bonds. The lowest BCUT2D eigenvalue weighted by atomic mass is 10.2. The fraction of sp³-hybridized carbons (Fsp3) is 0.500. The largest absolute Gasteiger partial charge is 0.370 e. The summed E-state index contributed by atoms with van der Waals surface area (Å²) in [7, 11) is 0. The maximum Gasteiger partial charge on any atom is 0.0640 e. The second kappa shape index (κ2) is 8.60. The molecule has 0 atom stereocenters. The molecule has 0 spiro atoms. The Labute approximate surface area is 104 Å². The van der Waals surface area contributed by atoms with Gasteiger partial charge in [-0.05, 0) is 31.6 Å². The summed E-state index contributed by atoms with van der Waals surface area (Å²) in [5.74, 6) is 0. The van der Waals surface area contributed by atoms with Gasteiger partial charge in [0, 0.05) is 18.8 Å². The van der Waals surface area contributed by atoms with Crippen molar-refractivity contribution in [2.45, 2.75) is 19.8 Å². The molecule has 0 aliphatic carbocycles. The van der Waals surface area contributed by atoms with Crippen LogP contribution >= 0.6 is 0 Å². The van der Waals surface area contributed by atoms with E-state index in [-0.39, 0.29) is 0 Å². The van der Waals surface area contributed by atoms with Gasteiger partial charge in [0.1, 0.15) is 0 Å². The Balaban J connectivity index is 2.46. The Bertz CT molecular complexity index is 329. The van der Waals surface area contributed by atoms with Gasteiger partial charge in [0.2, 0.25) is 0 Å². The summed E-state index contributed by atoms with van der Waals surface area (Å²) >= 11 is 0. The van der Waals surface area contributed by atoms with Gasteiger partial charge in [-0.3, -0.25) is 0 Å². The summed E-state index contributed by atoms with van der Waals surface area (Å²) in [5, 5.41) is 12.0. The second-order valence-corrected chi connectivity index (χ2v) is 3.94. The molecular formula is C14H21N3. The van der Waals surface area contributed by atoms with E-state index in [9.17, 15) is 0 Å². The summed E-state index contributed by atoms with van der Waals surface area (Å²) in [4.78, 5) is 2.28. The van der Waals surface area contributed by atoms with Crippen LogP contribution in [0.1, 0.15) is 19.8 Å². The van der Waals surface area contributed by atoms with Gasteiger partial charge in [0.25, 0.3) is 0 Å². The highest BCUT2D eigenvalue weighted by Crippen LogP contribution is 2.13. The molecule has 0 saturated heterocycles. The summed E-state index contributed by atoms with van der Waals surface area (Å²) in [5.41, 5.74) is 1.21. The first kappa shape index (κ1) is 13.5. The van der Waals surface area contributed by atoms with Gasteiger partial charge >= 0.3 is 0 Å². The maximum absolute atomic E-state index is 8.68. The van der Waals surface area contributed by atoms with Gasteiger partial charge in [0.05, 0.1) is 12.5 Å². The molecule has 0 unspecified atom stereocenters. The van der Waals surface area contributed by atoms with Crippen LogP contribution in [0.25, 0.3) is 0 Å². The molecule has 3 nitrogen and oxygen atoms in total. The van der Waals surface area contributed by atoms with Crippen LogP contribution in [0.3, 0.4) is 0 Å². The van der Waals surface area contributed by atoms with E-state index in [0.717, 1.165) is 32.6 Å². The molecule has 1 aromatic carbocycles. The lowest BCUT2D eigenvalue weighted by molar-refractivity contribution is 0.651. The first-order valence-electron chi connectivity index (χ1n) is 6.26. The zero-order valence-electron chi connectivity index (χ0n) is 10.5. The number of nitrogens with zero attached hydrogens (tertiary/aromatic N) is 2. The minimum absolute atomic E-state index is 0.579. The van der Waals surface area contributed by atoms with Crippen LogP contribution in [0.2, 0.25) is 0 Å². The number of nitrogens with one attached hydrogen (secondary N) is 1. The lowest BCUT2D eigenvalue weighted by Gasteiger charge is -2.23. The molecular weight excluding hydrogens is 210 g/mol. The SMILES string of the molecule is CCNCCCN(CCC#N)c1ccccc1. The van der Waals surface area contributed by atoms with Crippen LogP contribution < -0.4 is 10.2 Å². The van der Waals surface area contributed by atoms with Gasteiger partial charge in [-0.1, -0.05) is 25.1 Å². The molecule has 0 saturated carbocycles. The van der Waals surface area contributed by atoms with Gasteiger partial charge in [-0.25, -0.2) is 0 Å². The highest BCUT2D eigenvalue weighted by Gasteiger charge is 2.04. The van der Waals surface area contributed by atoms with E-state index in [0.29, 0.717) is 6.42 Å². The molecule has 1 rings (SSSR count). The molecule has 0 fully saturated rings. The Morgan fingerprint density at radius 3 is 2.65 bits per heavy atom. The number of benzene rings is 1. The Morgan fingerprint density at radius 2 is 2.00 bits per heavy atom. The third kappa shape index (κ3) is 5.37. The normalized spacial score (nSPS) is 9.88. The highest BCUT2D eigenvalue weighted by atomic mass is 15.1. The Hall–Kier alpha value is -1.53. The van der Waals surface area contributed by atoms with Crippen molar-refractivity contribution >= 4 is 5.69 Å². The number of rotatable bonds is 8. The summed E-state index contributed by atoms with van der Waals surface area (Å²) < 4.78 is 0. The van der Waals surface area contributed by atoms with Crippen LogP contribution in [0.4, 0.5) is 5.69 Å². The van der Waals surface area contributed by atoms with Crippen LogP contribution in [0.15, 0.2) is 30.3 Å². The third-order valence-electron chi connectivity index (χ3n) is 2.65. The molecule has 17 heavy (non-hydrogen) atoms. The number of nitriles is 1. The van der Waals surface area contributed by atoms with E-state index >= 15 is 0 Å². The van der Waals surface area contributed by atoms with Gasteiger partial charge < -0.3 is 10.2 Å². The number of hydrogen-bond donors (Lipinski definition) is 1. The zero-order valence-corrected chi connectivity index (χ0v) is 10.5. The van der Waals surface area contributed by atoms with E-state index < -0.39 is 0 Å². The highest BCUT2D eigenvalue weighted by molar-refractivity contribution is 5.45. The van der Waals surface area contributed by atoms with Crippen molar-refractivity contribution in [2.24, 2.45) is 0 Å². The van der Waals surface area contributed by atoms with Gasteiger partial charge in [0.15, 0.2) is 0 Å². The predicted molar refractivity (Wildman–Crippen MR) is 72.0 cm³/mol. The smallest absolute Gasteiger partial charge is 0.0640 e. The molecule has 92 valence electrons. The minimum atomic E-state index is 0.579. The quantitative estimate of drug-likeness (QED) is 0.698.